The zero-order chi connectivity index (χ0) is 14.9. The van der Waals surface area contributed by atoms with Gasteiger partial charge in [0.1, 0.15) is 6.04 Å². The third kappa shape index (κ3) is 3.27. The lowest BCUT2D eigenvalue weighted by atomic mass is 9.93. The van der Waals surface area contributed by atoms with Crippen molar-refractivity contribution in [3.8, 4) is 0 Å². The summed E-state index contributed by atoms with van der Waals surface area (Å²) in [6, 6.07) is 8.20. The third-order valence-electron chi connectivity index (χ3n) is 4.51. The molecule has 3 nitrogen and oxygen atoms in total. The largest absolute Gasteiger partial charge is 0.340 e. The molecule has 4 heteroatoms. The van der Waals surface area contributed by atoms with Crippen LogP contribution in [0.2, 0.25) is 0 Å². The van der Waals surface area contributed by atoms with Crippen LogP contribution in [0.1, 0.15) is 37.4 Å². The molecular weight excluding hydrogens is 280 g/mol. The van der Waals surface area contributed by atoms with E-state index < -0.39 is 0 Å². The maximum absolute atomic E-state index is 12.9. The summed E-state index contributed by atoms with van der Waals surface area (Å²) in [5.41, 5.74) is 2.49. The van der Waals surface area contributed by atoms with Crippen LogP contribution in [0.5, 0.6) is 0 Å². The molecule has 1 saturated heterocycles. The first-order valence-corrected chi connectivity index (χ1v) is 8.79. The number of hydrogen-bond donors (Lipinski definition) is 1. The topological polar surface area (TPSA) is 32.3 Å². The van der Waals surface area contributed by atoms with Crippen molar-refractivity contribution in [3.05, 3.63) is 35.4 Å². The Balaban J connectivity index is 1.77. The van der Waals surface area contributed by atoms with Crippen molar-refractivity contribution in [2.24, 2.45) is 0 Å². The maximum Gasteiger partial charge on any atom is 0.244 e. The highest BCUT2D eigenvalue weighted by atomic mass is 32.2. The Hall–Kier alpha value is -1.00. The molecule has 1 N–H and O–H groups in total. The van der Waals surface area contributed by atoms with Gasteiger partial charge in [0.25, 0.3) is 0 Å². The van der Waals surface area contributed by atoms with Crippen molar-refractivity contribution >= 4 is 17.7 Å². The standard InChI is InChI=1S/C17H24N2OS/c1-17(2)8-10-19(11-12-21-17)16(20)15-14-6-4-3-5-13(14)7-9-18-15/h3-6,15,18H,7-12H2,1-2H3. The van der Waals surface area contributed by atoms with Gasteiger partial charge in [-0.3, -0.25) is 4.79 Å². The van der Waals surface area contributed by atoms with Gasteiger partial charge >= 0.3 is 0 Å². The predicted molar refractivity (Wildman–Crippen MR) is 88.6 cm³/mol. The summed E-state index contributed by atoms with van der Waals surface area (Å²) < 4.78 is 0.285. The van der Waals surface area contributed by atoms with E-state index in [2.05, 4.69) is 42.3 Å². The lowest BCUT2D eigenvalue weighted by Gasteiger charge is -2.31. The zero-order valence-electron chi connectivity index (χ0n) is 12.9. The number of rotatable bonds is 1. The normalized spacial score (nSPS) is 25.0. The molecule has 2 aliphatic heterocycles. The van der Waals surface area contributed by atoms with Crippen LogP contribution in [0.15, 0.2) is 24.3 Å². The van der Waals surface area contributed by atoms with Gasteiger partial charge in [-0.1, -0.05) is 38.1 Å². The van der Waals surface area contributed by atoms with Crippen LogP contribution in [-0.4, -0.2) is 40.9 Å². The van der Waals surface area contributed by atoms with Crippen molar-refractivity contribution in [2.75, 3.05) is 25.4 Å². The molecular formula is C17H24N2OS. The van der Waals surface area contributed by atoms with Crippen LogP contribution in [0.3, 0.4) is 0 Å². The fourth-order valence-corrected chi connectivity index (χ4v) is 4.25. The number of benzene rings is 1. The number of amides is 1. The first-order chi connectivity index (χ1) is 10.1. The van der Waals surface area contributed by atoms with Crippen LogP contribution in [0, 0.1) is 0 Å². The molecule has 0 bridgehead atoms. The monoisotopic (exact) mass is 304 g/mol. The highest BCUT2D eigenvalue weighted by Crippen LogP contribution is 2.32. The van der Waals surface area contributed by atoms with Crippen LogP contribution in [-0.2, 0) is 11.2 Å². The fourth-order valence-electron chi connectivity index (χ4n) is 3.15. The Morgan fingerprint density at radius 2 is 2.14 bits per heavy atom. The summed E-state index contributed by atoms with van der Waals surface area (Å²) in [6.45, 7) is 7.19. The molecule has 1 unspecified atom stereocenters. The second-order valence-corrected chi connectivity index (χ2v) is 8.32. The number of nitrogens with zero attached hydrogens (tertiary/aromatic N) is 1. The van der Waals surface area contributed by atoms with E-state index in [9.17, 15) is 4.79 Å². The summed E-state index contributed by atoms with van der Waals surface area (Å²) in [5, 5.41) is 3.42. The van der Waals surface area contributed by atoms with E-state index in [1.54, 1.807) is 0 Å². The fraction of sp³-hybridized carbons (Fsp3) is 0.588. The second-order valence-electron chi connectivity index (χ2n) is 6.52. The highest BCUT2D eigenvalue weighted by molar-refractivity contribution is 8.00. The van der Waals surface area contributed by atoms with Gasteiger partial charge < -0.3 is 10.2 Å². The molecule has 0 aromatic heterocycles. The first-order valence-electron chi connectivity index (χ1n) is 7.81. The van der Waals surface area contributed by atoms with Gasteiger partial charge in [-0.25, -0.2) is 0 Å². The predicted octanol–water partition coefficient (Wildman–Crippen LogP) is 2.62. The van der Waals surface area contributed by atoms with Crippen molar-refractivity contribution in [3.63, 3.8) is 0 Å². The lowest BCUT2D eigenvalue weighted by Crippen LogP contribution is -2.44. The van der Waals surface area contributed by atoms with Crippen molar-refractivity contribution < 1.29 is 4.79 Å². The van der Waals surface area contributed by atoms with Crippen LogP contribution >= 0.6 is 11.8 Å². The summed E-state index contributed by atoms with van der Waals surface area (Å²) in [5.74, 6) is 1.29. The molecule has 0 aliphatic carbocycles. The van der Waals surface area contributed by atoms with Crippen molar-refractivity contribution in [2.45, 2.75) is 37.5 Å². The van der Waals surface area contributed by atoms with E-state index in [0.29, 0.717) is 0 Å². The van der Waals surface area contributed by atoms with Crippen molar-refractivity contribution in [1.82, 2.24) is 10.2 Å². The minimum atomic E-state index is -0.152. The SMILES string of the molecule is CC1(C)CCN(C(=O)C2NCCc3ccccc32)CCS1. The lowest BCUT2D eigenvalue weighted by molar-refractivity contribution is -0.133. The second kappa shape index (κ2) is 6.01. The molecule has 1 aromatic rings. The van der Waals surface area contributed by atoms with Gasteiger partial charge in [0.2, 0.25) is 5.91 Å². The number of carbonyl (C=O) groups is 1. The van der Waals surface area contributed by atoms with Gasteiger partial charge in [0.15, 0.2) is 0 Å². The van der Waals surface area contributed by atoms with E-state index in [-0.39, 0.29) is 16.7 Å². The van der Waals surface area contributed by atoms with E-state index in [1.165, 1.54) is 11.1 Å². The van der Waals surface area contributed by atoms with Crippen molar-refractivity contribution in [1.29, 1.82) is 0 Å². The van der Waals surface area contributed by atoms with Crippen LogP contribution in [0.25, 0.3) is 0 Å². The molecule has 114 valence electrons. The van der Waals surface area contributed by atoms with Crippen LogP contribution in [0.4, 0.5) is 0 Å². The average Bonchev–Trinajstić information content (AvgIpc) is 2.67. The Labute approximate surface area is 131 Å². The molecule has 0 radical (unpaired) electrons. The van der Waals surface area contributed by atoms with Gasteiger partial charge in [-0.2, -0.15) is 11.8 Å². The summed E-state index contributed by atoms with van der Waals surface area (Å²) in [6.07, 6.45) is 2.08. The summed E-state index contributed by atoms with van der Waals surface area (Å²) in [4.78, 5) is 15.0. The minimum absolute atomic E-state index is 0.152. The summed E-state index contributed by atoms with van der Waals surface area (Å²) in [7, 11) is 0. The molecule has 1 aromatic carbocycles. The number of fused-ring (bicyclic) bond motifs is 1. The molecule has 1 atom stereocenters. The molecule has 0 spiro atoms. The van der Waals surface area contributed by atoms with Gasteiger partial charge in [-0.05, 0) is 24.0 Å². The van der Waals surface area contributed by atoms with Gasteiger partial charge in [0.05, 0.1) is 0 Å². The van der Waals surface area contributed by atoms with E-state index in [0.717, 1.165) is 38.2 Å². The summed E-state index contributed by atoms with van der Waals surface area (Å²) >= 11 is 1.98. The number of hydrogen-bond acceptors (Lipinski definition) is 3. The Bertz CT molecular complexity index is 529. The maximum atomic E-state index is 12.9. The molecule has 1 fully saturated rings. The molecule has 2 heterocycles. The van der Waals surface area contributed by atoms with Gasteiger partial charge in [0, 0.05) is 30.1 Å². The molecule has 1 amide bonds. The van der Waals surface area contributed by atoms with E-state index >= 15 is 0 Å². The number of nitrogens with one attached hydrogen (secondary N) is 1. The Morgan fingerprint density at radius 1 is 1.33 bits per heavy atom. The van der Waals surface area contributed by atoms with Gasteiger partial charge in [-0.15, -0.1) is 0 Å². The minimum Gasteiger partial charge on any atom is -0.340 e. The zero-order valence-corrected chi connectivity index (χ0v) is 13.7. The molecule has 3 rings (SSSR count). The molecule has 21 heavy (non-hydrogen) atoms. The third-order valence-corrected chi connectivity index (χ3v) is 5.88. The first kappa shape index (κ1) is 14.9. The van der Waals surface area contributed by atoms with Crippen LogP contribution < -0.4 is 5.32 Å². The smallest absolute Gasteiger partial charge is 0.244 e. The van der Waals surface area contributed by atoms with E-state index in [1.807, 2.05) is 17.8 Å². The Kier molecular flexibility index (Phi) is 4.27. The Morgan fingerprint density at radius 3 is 3.00 bits per heavy atom. The van der Waals surface area contributed by atoms with E-state index in [4.69, 9.17) is 0 Å². The molecule has 0 saturated carbocycles. The number of carbonyl (C=O) groups excluding carboxylic acids is 1. The highest BCUT2D eigenvalue weighted by Gasteiger charge is 2.32. The molecule has 2 aliphatic rings. The number of thioether (sulfide) groups is 1. The average molecular weight is 304 g/mol. The quantitative estimate of drug-likeness (QED) is 0.865.